The molecule has 0 radical (unpaired) electrons. The molecule has 1 unspecified atom stereocenters. The lowest BCUT2D eigenvalue weighted by Gasteiger charge is -2.07. The van der Waals surface area contributed by atoms with Gasteiger partial charge in [-0.3, -0.25) is 0 Å². The van der Waals surface area contributed by atoms with Crippen molar-refractivity contribution in [2.75, 3.05) is 0 Å². The van der Waals surface area contributed by atoms with E-state index >= 15 is 0 Å². The summed E-state index contributed by atoms with van der Waals surface area (Å²) in [4.78, 5) is 11.2. The van der Waals surface area contributed by atoms with Gasteiger partial charge in [0, 0.05) is 22.1 Å². The fraction of sp³-hybridized carbons (Fsp3) is 0.538. The van der Waals surface area contributed by atoms with Gasteiger partial charge in [-0.15, -0.1) is 22.9 Å². The lowest BCUT2D eigenvalue weighted by Crippen LogP contribution is -2.04. The van der Waals surface area contributed by atoms with Gasteiger partial charge in [-0.2, -0.15) is 0 Å². The average Bonchev–Trinajstić information content (AvgIpc) is 2.73. The van der Waals surface area contributed by atoms with E-state index in [1.54, 1.807) is 17.7 Å². The maximum atomic E-state index is 6.30. The molecule has 0 bridgehead atoms. The zero-order valence-electron chi connectivity index (χ0n) is 10.2. The summed E-state index contributed by atoms with van der Waals surface area (Å²) in [6.45, 7) is 4.32. The summed E-state index contributed by atoms with van der Waals surface area (Å²) in [6.07, 6.45) is 5.71. The van der Waals surface area contributed by atoms with Crippen LogP contribution in [0.5, 0.6) is 0 Å². The van der Waals surface area contributed by atoms with E-state index < -0.39 is 0 Å². The van der Waals surface area contributed by atoms with E-state index in [1.807, 2.05) is 0 Å². The smallest absolute Gasteiger partial charge is 0.127 e. The van der Waals surface area contributed by atoms with Crippen molar-refractivity contribution >= 4 is 33.2 Å². The van der Waals surface area contributed by atoms with Crippen LogP contribution in [0.4, 0.5) is 0 Å². The lowest BCUT2D eigenvalue weighted by molar-refractivity contribution is 0.718. The minimum atomic E-state index is 0.183. The first-order chi connectivity index (χ1) is 8.24. The first-order valence-electron chi connectivity index (χ1n) is 6.11. The van der Waals surface area contributed by atoms with Crippen LogP contribution in [0.15, 0.2) is 12.4 Å². The molecule has 0 aliphatic rings. The summed E-state index contributed by atoms with van der Waals surface area (Å²) in [5.41, 5.74) is 1.10. The van der Waals surface area contributed by atoms with Gasteiger partial charge in [0.05, 0.1) is 5.69 Å². The maximum absolute atomic E-state index is 6.30. The topological polar surface area (TPSA) is 25.8 Å². The van der Waals surface area contributed by atoms with Crippen molar-refractivity contribution in [3.63, 3.8) is 0 Å². The Morgan fingerprint density at radius 1 is 1.35 bits per heavy atom. The third-order valence-corrected chi connectivity index (χ3v) is 4.39. The maximum Gasteiger partial charge on any atom is 0.127 e. The Bertz CT molecular complexity index is 495. The zero-order chi connectivity index (χ0) is 12.3. The second-order valence-electron chi connectivity index (χ2n) is 4.20. The fourth-order valence-corrected chi connectivity index (χ4v) is 3.24. The first-order valence-corrected chi connectivity index (χ1v) is 7.36. The molecule has 2 heterocycles. The van der Waals surface area contributed by atoms with Crippen molar-refractivity contribution in [1.82, 2.24) is 9.97 Å². The molecule has 0 fully saturated rings. The van der Waals surface area contributed by atoms with Crippen LogP contribution < -0.4 is 0 Å². The minimum Gasteiger partial charge on any atom is -0.241 e. The van der Waals surface area contributed by atoms with Crippen LogP contribution in [0.3, 0.4) is 0 Å². The molecule has 0 N–H and O–H groups in total. The highest BCUT2D eigenvalue weighted by Crippen LogP contribution is 2.27. The molecule has 2 aromatic rings. The quantitative estimate of drug-likeness (QED) is 0.760. The van der Waals surface area contributed by atoms with Gasteiger partial charge in [0.2, 0.25) is 0 Å². The monoisotopic (exact) mass is 268 g/mol. The molecular formula is C13H17ClN2S. The highest BCUT2D eigenvalue weighted by Gasteiger charge is 2.11. The van der Waals surface area contributed by atoms with Crippen molar-refractivity contribution in [3.05, 3.63) is 23.0 Å². The standard InChI is InChI=1S/C13H17ClN2S/c1-3-5-9(14)6-12-11-7-10(4-2)17-13(11)16-8-15-12/h7-9H,3-6H2,1-2H3. The molecular weight excluding hydrogens is 252 g/mol. The van der Waals surface area contributed by atoms with E-state index in [9.17, 15) is 0 Å². The van der Waals surface area contributed by atoms with Crippen LogP contribution in [0.25, 0.3) is 10.2 Å². The molecule has 0 saturated heterocycles. The molecule has 0 aliphatic heterocycles. The van der Waals surface area contributed by atoms with Crippen LogP contribution >= 0.6 is 22.9 Å². The molecule has 4 heteroatoms. The molecule has 17 heavy (non-hydrogen) atoms. The second-order valence-corrected chi connectivity index (χ2v) is 5.93. The number of aromatic nitrogens is 2. The van der Waals surface area contributed by atoms with Gasteiger partial charge in [0.25, 0.3) is 0 Å². The van der Waals surface area contributed by atoms with Gasteiger partial charge in [-0.05, 0) is 18.9 Å². The summed E-state index contributed by atoms with van der Waals surface area (Å²) in [5.74, 6) is 0. The molecule has 0 aliphatic carbocycles. The van der Waals surface area contributed by atoms with Gasteiger partial charge in [-0.25, -0.2) is 9.97 Å². The van der Waals surface area contributed by atoms with Crippen LogP contribution in [-0.4, -0.2) is 15.3 Å². The van der Waals surface area contributed by atoms with E-state index in [0.29, 0.717) is 0 Å². The number of thiophene rings is 1. The minimum absolute atomic E-state index is 0.183. The third-order valence-electron chi connectivity index (χ3n) is 2.83. The predicted octanol–water partition coefficient (Wildman–Crippen LogP) is 4.20. The molecule has 0 aromatic carbocycles. The zero-order valence-corrected chi connectivity index (χ0v) is 11.8. The fourth-order valence-electron chi connectivity index (χ4n) is 1.92. The largest absolute Gasteiger partial charge is 0.241 e. The highest BCUT2D eigenvalue weighted by atomic mass is 35.5. The SMILES string of the molecule is CCCC(Cl)Cc1ncnc2sc(CC)cc12. The van der Waals surface area contributed by atoms with E-state index in [-0.39, 0.29) is 5.38 Å². The van der Waals surface area contributed by atoms with Crippen molar-refractivity contribution in [1.29, 1.82) is 0 Å². The summed E-state index contributed by atoms with van der Waals surface area (Å²) in [7, 11) is 0. The van der Waals surface area contributed by atoms with E-state index in [4.69, 9.17) is 11.6 Å². The molecule has 2 aromatic heterocycles. The van der Waals surface area contributed by atoms with E-state index in [2.05, 4.69) is 29.9 Å². The molecule has 2 rings (SSSR count). The molecule has 92 valence electrons. The van der Waals surface area contributed by atoms with Crippen LogP contribution in [0.2, 0.25) is 0 Å². The normalized spacial score (nSPS) is 13.1. The van der Waals surface area contributed by atoms with Crippen LogP contribution in [0, 0.1) is 0 Å². The van der Waals surface area contributed by atoms with E-state index in [1.165, 1.54) is 10.3 Å². The second kappa shape index (κ2) is 5.78. The van der Waals surface area contributed by atoms with Crippen molar-refractivity contribution in [3.8, 4) is 0 Å². The van der Waals surface area contributed by atoms with Gasteiger partial charge in [-0.1, -0.05) is 20.3 Å². The number of rotatable bonds is 5. The molecule has 2 nitrogen and oxygen atoms in total. The number of fused-ring (bicyclic) bond motifs is 1. The number of alkyl halides is 1. The predicted molar refractivity (Wildman–Crippen MR) is 75.0 cm³/mol. The Morgan fingerprint density at radius 2 is 2.18 bits per heavy atom. The summed E-state index contributed by atoms with van der Waals surface area (Å²) >= 11 is 8.06. The Morgan fingerprint density at radius 3 is 2.88 bits per heavy atom. The third kappa shape index (κ3) is 2.96. The van der Waals surface area contributed by atoms with Gasteiger partial charge < -0.3 is 0 Å². The lowest BCUT2D eigenvalue weighted by atomic mass is 10.1. The summed E-state index contributed by atoms with van der Waals surface area (Å²) < 4.78 is 0. The Balaban J connectivity index is 2.30. The number of nitrogens with zero attached hydrogens (tertiary/aromatic N) is 2. The summed E-state index contributed by atoms with van der Waals surface area (Å²) in [6, 6.07) is 2.21. The van der Waals surface area contributed by atoms with E-state index in [0.717, 1.165) is 36.2 Å². The van der Waals surface area contributed by atoms with Crippen LogP contribution in [-0.2, 0) is 12.8 Å². The molecule has 0 spiro atoms. The molecule has 0 amide bonds. The van der Waals surface area contributed by atoms with Crippen LogP contribution in [0.1, 0.15) is 37.3 Å². The van der Waals surface area contributed by atoms with Gasteiger partial charge in [0.1, 0.15) is 11.2 Å². The van der Waals surface area contributed by atoms with Gasteiger partial charge in [0.15, 0.2) is 0 Å². The Hall–Kier alpha value is -0.670. The number of hydrogen-bond acceptors (Lipinski definition) is 3. The summed E-state index contributed by atoms with van der Waals surface area (Å²) in [5, 5.41) is 1.37. The van der Waals surface area contributed by atoms with Crippen molar-refractivity contribution in [2.45, 2.75) is 44.9 Å². The van der Waals surface area contributed by atoms with Crippen molar-refractivity contribution in [2.24, 2.45) is 0 Å². The highest BCUT2D eigenvalue weighted by molar-refractivity contribution is 7.18. The average molecular weight is 269 g/mol. The van der Waals surface area contributed by atoms with Gasteiger partial charge >= 0.3 is 0 Å². The Labute approximate surface area is 111 Å². The molecule has 0 saturated carbocycles. The Kier molecular flexibility index (Phi) is 4.35. The molecule has 1 atom stereocenters. The number of aryl methyl sites for hydroxylation is 1. The first kappa shape index (κ1) is 12.8. The number of halogens is 1. The number of hydrogen-bond donors (Lipinski definition) is 0. The van der Waals surface area contributed by atoms with Crippen molar-refractivity contribution < 1.29 is 0 Å².